The van der Waals surface area contributed by atoms with Crippen molar-refractivity contribution in [2.75, 3.05) is 20.1 Å². The van der Waals surface area contributed by atoms with E-state index in [0.717, 1.165) is 5.76 Å². The summed E-state index contributed by atoms with van der Waals surface area (Å²) in [5.41, 5.74) is 0.244. The molecule has 1 aliphatic rings. The van der Waals surface area contributed by atoms with Crippen LogP contribution in [-0.2, 0) is 21.3 Å². The van der Waals surface area contributed by atoms with Crippen molar-refractivity contribution in [2.24, 2.45) is 0 Å². The zero-order valence-electron chi connectivity index (χ0n) is 16.9. The van der Waals surface area contributed by atoms with Crippen molar-refractivity contribution in [2.45, 2.75) is 44.4 Å². The maximum Gasteiger partial charge on any atom is 0.254 e. The van der Waals surface area contributed by atoms with E-state index in [1.807, 2.05) is 26.8 Å². The maximum atomic E-state index is 13.2. The van der Waals surface area contributed by atoms with Crippen molar-refractivity contribution in [3.8, 4) is 0 Å². The van der Waals surface area contributed by atoms with Crippen LogP contribution in [0.3, 0.4) is 0 Å². The number of carbonyl (C=O) groups excluding carboxylic acids is 1. The van der Waals surface area contributed by atoms with Crippen LogP contribution in [0.25, 0.3) is 0 Å². The van der Waals surface area contributed by atoms with E-state index >= 15 is 0 Å². The summed E-state index contributed by atoms with van der Waals surface area (Å²) in [4.78, 5) is 14.2. The molecule has 3 rings (SSSR count). The molecule has 2 aromatic rings. The fourth-order valence-corrected chi connectivity index (χ4v) is 5.49. The minimum atomic E-state index is -3.86. The molecule has 0 spiro atoms. The topological polar surface area (TPSA) is 80.1 Å². The van der Waals surface area contributed by atoms with E-state index in [0.29, 0.717) is 5.76 Å². The fourth-order valence-electron chi connectivity index (χ4n) is 3.40. The monoisotopic (exact) mass is 440 g/mol. The quantitative estimate of drug-likeness (QED) is 0.712. The number of morpholine rings is 1. The number of ether oxygens (including phenoxy) is 1. The second kappa shape index (κ2) is 8.47. The standard InChI is InChI=1S/C20H25ClN2O5S/c1-13-5-7-17(28-13)12-22(4)20(24)16-6-8-18(21)19(9-16)29(25,26)23-10-14(2)27-15(3)11-23/h5-9,14-15H,10-12H2,1-4H3. The van der Waals surface area contributed by atoms with E-state index in [4.69, 9.17) is 20.8 Å². The van der Waals surface area contributed by atoms with Gasteiger partial charge in [0.15, 0.2) is 0 Å². The summed E-state index contributed by atoms with van der Waals surface area (Å²) in [5.74, 6) is 1.09. The molecule has 1 amide bonds. The molecular weight excluding hydrogens is 416 g/mol. The van der Waals surface area contributed by atoms with Crippen LogP contribution < -0.4 is 0 Å². The zero-order chi connectivity index (χ0) is 21.3. The molecule has 0 radical (unpaired) electrons. The molecule has 158 valence electrons. The van der Waals surface area contributed by atoms with Crippen molar-refractivity contribution in [1.29, 1.82) is 0 Å². The molecule has 0 aliphatic carbocycles. The predicted octanol–water partition coefficient (Wildman–Crippen LogP) is 3.31. The second-order valence-corrected chi connectivity index (χ2v) is 9.71. The molecule has 1 saturated heterocycles. The summed E-state index contributed by atoms with van der Waals surface area (Å²) >= 11 is 6.21. The van der Waals surface area contributed by atoms with Crippen molar-refractivity contribution in [3.63, 3.8) is 0 Å². The Labute approximate surface area is 176 Å². The number of benzene rings is 1. The lowest BCUT2D eigenvalue weighted by atomic mass is 10.2. The van der Waals surface area contributed by atoms with E-state index in [1.165, 1.54) is 27.4 Å². The molecular formula is C20H25ClN2O5S. The third-order valence-corrected chi connectivity index (χ3v) is 7.03. The van der Waals surface area contributed by atoms with Gasteiger partial charge in [0, 0.05) is 25.7 Å². The Morgan fingerprint density at radius 2 is 1.86 bits per heavy atom. The molecule has 1 aromatic carbocycles. The number of sulfonamides is 1. The van der Waals surface area contributed by atoms with Crippen LogP contribution in [0, 0.1) is 6.92 Å². The number of aryl methyl sites for hydroxylation is 1. The van der Waals surface area contributed by atoms with Crippen molar-refractivity contribution in [1.82, 2.24) is 9.21 Å². The summed E-state index contributed by atoms with van der Waals surface area (Å²) < 4.78 is 38.9. The van der Waals surface area contributed by atoms with E-state index in [9.17, 15) is 13.2 Å². The zero-order valence-corrected chi connectivity index (χ0v) is 18.5. The number of halogens is 1. The molecule has 1 fully saturated rings. The molecule has 2 atom stereocenters. The Hall–Kier alpha value is -1.87. The summed E-state index contributed by atoms with van der Waals surface area (Å²) in [6, 6.07) is 7.94. The summed E-state index contributed by atoms with van der Waals surface area (Å²) in [6.45, 7) is 6.22. The molecule has 1 aliphatic heterocycles. The first-order chi connectivity index (χ1) is 13.6. The summed E-state index contributed by atoms with van der Waals surface area (Å²) in [5, 5.41) is 0.0812. The van der Waals surface area contributed by atoms with Gasteiger partial charge in [-0.3, -0.25) is 4.79 Å². The van der Waals surface area contributed by atoms with Gasteiger partial charge in [0.2, 0.25) is 10.0 Å². The van der Waals surface area contributed by atoms with Crippen LogP contribution >= 0.6 is 11.6 Å². The van der Waals surface area contributed by atoms with Gasteiger partial charge >= 0.3 is 0 Å². The number of hydrogen-bond acceptors (Lipinski definition) is 5. The average molecular weight is 441 g/mol. The Morgan fingerprint density at radius 3 is 2.45 bits per heavy atom. The molecule has 2 heterocycles. The van der Waals surface area contributed by atoms with Crippen LogP contribution in [0.4, 0.5) is 0 Å². The third-order valence-electron chi connectivity index (χ3n) is 4.72. The molecule has 0 N–H and O–H groups in total. The fraction of sp³-hybridized carbons (Fsp3) is 0.450. The minimum absolute atomic E-state index is 0.0754. The minimum Gasteiger partial charge on any atom is -0.464 e. The van der Waals surface area contributed by atoms with Crippen LogP contribution in [-0.4, -0.2) is 55.9 Å². The number of nitrogens with zero attached hydrogens (tertiary/aromatic N) is 2. The van der Waals surface area contributed by atoms with Crippen LogP contribution in [0.2, 0.25) is 5.02 Å². The third kappa shape index (κ3) is 4.83. The van der Waals surface area contributed by atoms with Gasteiger partial charge in [0.25, 0.3) is 5.91 Å². The molecule has 29 heavy (non-hydrogen) atoms. The van der Waals surface area contributed by atoms with Gasteiger partial charge < -0.3 is 14.1 Å². The number of furan rings is 1. The summed E-state index contributed by atoms with van der Waals surface area (Å²) in [7, 11) is -2.23. The first-order valence-electron chi connectivity index (χ1n) is 9.34. The highest BCUT2D eigenvalue weighted by Gasteiger charge is 2.34. The Bertz CT molecular complexity index is 994. The molecule has 0 bridgehead atoms. The Balaban J connectivity index is 1.86. The van der Waals surface area contributed by atoms with Gasteiger partial charge in [-0.15, -0.1) is 0 Å². The maximum absolute atomic E-state index is 13.2. The first-order valence-corrected chi connectivity index (χ1v) is 11.2. The van der Waals surface area contributed by atoms with E-state index < -0.39 is 10.0 Å². The second-order valence-electron chi connectivity index (χ2n) is 7.40. The summed E-state index contributed by atoms with van der Waals surface area (Å²) in [6.07, 6.45) is -0.444. The van der Waals surface area contributed by atoms with Gasteiger partial charge in [0.05, 0.1) is 23.8 Å². The molecule has 7 nitrogen and oxygen atoms in total. The van der Waals surface area contributed by atoms with Gasteiger partial charge in [-0.25, -0.2) is 8.42 Å². The van der Waals surface area contributed by atoms with E-state index in [1.54, 1.807) is 13.1 Å². The Morgan fingerprint density at radius 1 is 1.21 bits per heavy atom. The predicted molar refractivity (Wildman–Crippen MR) is 109 cm³/mol. The van der Waals surface area contributed by atoms with Crippen LogP contribution in [0.1, 0.15) is 35.7 Å². The molecule has 9 heteroatoms. The molecule has 0 saturated carbocycles. The van der Waals surface area contributed by atoms with E-state index in [2.05, 4.69) is 0 Å². The highest BCUT2D eigenvalue weighted by Crippen LogP contribution is 2.28. The number of hydrogen-bond donors (Lipinski definition) is 0. The van der Waals surface area contributed by atoms with Gasteiger partial charge in [-0.1, -0.05) is 11.6 Å². The molecule has 1 aromatic heterocycles. The normalized spacial score (nSPS) is 20.6. The lowest BCUT2D eigenvalue weighted by Crippen LogP contribution is -2.48. The first kappa shape index (κ1) is 21.8. The van der Waals surface area contributed by atoms with Crippen molar-refractivity contribution >= 4 is 27.5 Å². The average Bonchev–Trinajstić information content (AvgIpc) is 3.05. The van der Waals surface area contributed by atoms with Gasteiger partial charge in [-0.2, -0.15) is 4.31 Å². The highest BCUT2D eigenvalue weighted by atomic mass is 35.5. The molecule has 2 unspecified atom stereocenters. The van der Waals surface area contributed by atoms with Crippen molar-refractivity contribution in [3.05, 3.63) is 52.4 Å². The van der Waals surface area contributed by atoms with Crippen LogP contribution in [0.15, 0.2) is 39.6 Å². The Kier molecular flexibility index (Phi) is 6.38. The van der Waals surface area contributed by atoms with E-state index in [-0.39, 0.29) is 53.2 Å². The number of carbonyl (C=O) groups is 1. The smallest absolute Gasteiger partial charge is 0.254 e. The number of amides is 1. The van der Waals surface area contributed by atoms with Gasteiger partial charge in [0.1, 0.15) is 16.4 Å². The van der Waals surface area contributed by atoms with Crippen LogP contribution in [0.5, 0.6) is 0 Å². The SMILES string of the molecule is Cc1ccc(CN(C)C(=O)c2ccc(Cl)c(S(=O)(=O)N3CC(C)OC(C)C3)c2)o1. The highest BCUT2D eigenvalue weighted by molar-refractivity contribution is 7.89. The largest absolute Gasteiger partial charge is 0.464 e. The van der Waals surface area contributed by atoms with Gasteiger partial charge in [-0.05, 0) is 51.1 Å². The lowest BCUT2D eigenvalue weighted by molar-refractivity contribution is -0.0440. The lowest BCUT2D eigenvalue weighted by Gasteiger charge is -2.34. The van der Waals surface area contributed by atoms with Crippen molar-refractivity contribution < 1.29 is 22.4 Å². The number of rotatable bonds is 5.